The Balaban J connectivity index is 2.23. The lowest BCUT2D eigenvalue weighted by Crippen LogP contribution is -2.11. The minimum absolute atomic E-state index is 0.242. The van der Waals surface area contributed by atoms with Gasteiger partial charge >= 0.3 is 5.97 Å². The number of rotatable bonds is 5. The summed E-state index contributed by atoms with van der Waals surface area (Å²) in [5, 5.41) is 8.58. The lowest BCUT2D eigenvalue weighted by molar-refractivity contribution is -0.131. The molecule has 0 unspecified atom stereocenters. The van der Waals surface area contributed by atoms with Crippen molar-refractivity contribution >= 4 is 39.1 Å². The van der Waals surface area contributed by atoms with Crippen molar-refractivity contribution in [3.63, 3.8) is 0 Å². The van der Waals surface area contributed by atoms with Gasteiger partial charge in [-0.1, -0.05) is 12.1 Å². The highest BCUT2D eigenvalue weighted by Gasteiger charge is 2.16. The molecule has 0 radical (unpaired) electrons. The van der Waals surface area contributed by atoms with Gasteiger partial charge in [0.2, 0.25) is 0 Å². The smallest absolute Gasteiger partial charge is 0.328 e. The number of carboxylic acids is 1. The second kappa shape index (κ2) is 6.11. The van der Waals surface area contributed by atoms with Crippen LogP contribution in [0.2, 0.25) is 0 Å². The van der Waals surface area contributed by atoms with Crippen LogP contribution in [0.5, 0.6) is 0 Å². The molecule has 0 spiro atoms. The van der Waals surface area contributed by atoms with Crippen molar-refractivity contribution in [2.75, 3.05) is 4.72 Å². The fourth-order valence-corrected chi connectivity index (χ4v) is 3.97. The molecule has 7 heteroatoms. The average Bonchev–Trinajstić information content (AvgIpc) is 2.84. The molecule has 5 nitrogen and oxygen atoms in total. The number of sulfonamides is 1. The summed E-state index contributed by atoms with van der Waals surface area (Å²) in [6, 6.07) is 9.81. The van der Waals surface area contributed by atoms with Crippen LogP contribution in [0, 0.1) is 6.92 Å². The molecular weight excluding hydrogens is 310 g/mol. The Morgan fingerprint density at radius 1 is 1.29 bits per heavy atom. The van der Waals surface area contributed by atoms with Crippen LogP contribution < -0.4 is 4.72 Å². The van der Waals surface area contributed by atoms with Gasteiger partial charge < -0.3 is 5.11 Å². The van der Waals surface area contributed by atoms with Gasteiger partial charge in [0, 0.05) is 16.6 Å². The van der Waals surface area contributed by atoms with Crippen LogP contribution in [0.4, 0.5) is 5.69 Å². The first kappa shape index (κ1) is 15.3. The molecule has 0 aliphatic heterocycles. The summed E-state index contributed by atoms with van der Waals surface area (Å²) in [6.07, 6.45) is 2.39. The number of hydrogen-bond donors (Lipinski definition) is 2. The molecule has 0 amide bonds. The summed E-state index contributed by atoms with van der Waals surface area (Å²) in [4.78, 5) is 11.4. The molecule has 0 bridgehead atoms. The first-order valence-electron chi connectivity index (χ1n) is 5.97. The second-order valence-corrected chi connectivity index (χ2v) is 7.46. The normalized spacial score (nSPS) is 11.7. The van der Waals surface area contributed by atoms with Crippen molar-refractivity contribution in [2.24, 2.45) is 0 Å². The Morgan fingerprint density at radius 2 is 2.05 bits per heavy atom. The zero-order chi connectivity index (χ0) is 15.5. The predicted molar refractivity (Wildman–Crippen MR) is 83.0 cm³/mol. The van der Waals surface area contributed by atoms with Gasteiger partial charge in [-0.2, -0.15) is 0 Å². The molecule has 0 aliphatic rings. The molecule has 0 saturated heterocycles. The third kappa shape index (κ3) is 4.17. The van der Waals surface area contributed by atoms with Gasteiger partial charge in [0.25, 0.3) is 10.0 Å². The summed E-state index contributed by atoms with van der Waals surface area (Å²) in [7, 11) is -3.61. The summed E-state index contributed by atoms with van der Waals surface area (Å²) in [5.41, 5.74) is 0.980. The second-order valence-electron chi connectivity index (χ2n) is 4.27. The van der Waals surface area contributed by atoms with Gasteiger partial charge in [-0.3, -0.25) is 4.72 Å². The molecule has 21 heavy (non-hydrogen) atoms. The monoisotopic (exact) mass is 323 g/mol. The van der Waals surface area contributed by atoms with Crippen LogP contribution in [-0.4, -0.2) is 19.5 Å². The largest absolute Gasteiger partial charge is 0.478 e. The first-order chi connectivity index (χ1) is 9.87. The van der Waals surface area contributed by atoms with Crippen LogP contribution in [-0.2, 0) is 14.8 Å². The van der Waals surface area contributed by atoms with Gasteiger partial charge in [0.1, 0.15) is 4.21 Å². The maximum atomic E-state index is 12.2. The van der Waals surface area contributed by atoms with Crippen molar-refractivity contribution in [3.05, 3.63) is 52.9 Å². The van der Waals surface area contributed by atoms with E-state index in [1.165, 1.54) is 17.4 Å². The van der Waals surface area contributed by atoms with E-state index < -0.39 is 16.0 Å². The van der Waals surface area contributed by atoms with Crippen molar-refractivity contribution in [2.45, 2.75) is 11.1 Å². The molecule has 1 heterocycles. The molecule has 1 aromatic heterocycles. The molecule has 2 rings (SSSR count). The molecule has 1 aromatic carbocycles. The SMILES string of the molecule is Cc1ccc(S(=O)(=O)Nc2cccc(C=CC(=O)O)c2)s1. The van der Waals surface area contributed by atoms with Crippen LogP contribution in [0.3, 0.4) is 0 Å². The number of thiophene rings is 1. The highest BCUT2D eigenvalue weighted by atomic mass is 32.2. The zero-order valence-electron chi connectivity index (χ0n) is 11.1. The van der Waals surface area contributed by atoms with Gasteiger partial charge in [-0.05, 0) is 42.8 Å². The maximum absolute atomic E-state index is 12.2. The quantitative estimate of drug-likeness (QED) is 0.829. The van der Waals surface area contributed by atoms with Gasteiger partial charge in [0.05, 0.1) is 0 Å². The first-order valence-corrected chi connectivity index (χ1v) is 8.27. The Labute approximate surface area is 126 Å². The number of aryl methyl sites for hydroxylation is 1. The lowest BCUT2D eigenvalue weighted by Gasteiger charge is -2.06. The molecule has 2 aromatic rings. The summed E-state index contributed by atoms with van der Waals surface area (Å²) < 4.78 is 27.1. The van der Waals surface area contributed by atoms with Crippen molar-refractivity contribution in [3.8, 4) is 0 Å². The summed E-state index contributed by atoms with van der Waals surface area (Å²) in [5.74, 6) is -1.06. The van der Waals surface area contributed by atoms with E-state index in [9.17, 15) is 13.2 Å². The Bertz CT molecular complexity index is 791. The third-order valence-electron chi connectivity index (χ3n) is 2.54. The van der Waals surface area contributed by atoms with E-state index in [1.807, 2.05) is 6.92 Å². The number of carboxylic acid groups (broad SMARTS) is 1. The van der Waals surface area contributed by atoms with Crippen LogP contribution in [0.25, 0.3) is 6.08 Å². The van der Waals surface area contributed by atoms with E-state index in [4.69, 9.17) is 5.11 Å². The van der Waals surface area contributed by atoms with Crippen molar-refractivity contribution in [1.29, 1.82) is 0 Å². The Kier molecular flexibility index (Phi) is 4.44. The minimum atomic E-state index is -3.61. The number of nitrogens with one attached hydrogen (secondary N) is 1. The topological polar surface area (TPSA) is 83.5 Å². The standard InChI is InChI=1S/C14H13NO4S2/c1-10-5-8-14(20-10)21(18,19)15-12-4-2-3-11(9-12)6-7-13(16)17/h2-9,15H,1H3,(H,16,17). The number of carbonyl (C=O) groups is 1. The number of anilines is 1. The zero-order valence-corrected chi connectivity index (χ0v) is 12.7. The van der Waals surface area contributed by atoms with Crippen LogP contribution >= 0.6 is 11.3 Å². The predicted octanol–water partition coefficient (Wildman–Crippen LogP) is 2.96. The maximum Gasteiger partial charge on any atom is 0.328 e. The summed E-state index contributed by atoms with van der Waals surface area (Å²) >= 11 is 1.19. The van der Waals surface area contributed by atoms with Gasteiger partial charge in [-0.15, -0.1) is 11.3 Å². The highest BCUT2D eigenvalue weighted by Crippen LogP contribution is 2.23. The van der Waals surface area contributed by atoms with Crippen LogP contribution in [0.1, 0.15) is 10.4 Å². The molecule has 0 atom stereocenters. The fourth-order valence-electron chi connectivity index (χ4n) is 1.64. The van der Waals surface area contributed by atoms with Gasteiger partial charge in [-0.25, -0.2) is 13.2 Å². The Hall–Kier alpha value is -2.12. The molecule has 0 aliphatic carbocycles. The van der Waals surface area contributed by atoms with E-state index in [1.54, 1.807) is 36.4 Å². The van der Waals surface area contributed by atoms with E-state index >= 15 is 0 Å². The molecule has 110 valence electrons. The molecule has 2 N–H and O–H groups in total. The third-order valence-corrected chi connectivity index (χ3v) is 5.41. The average molecular weight is 323 g/mol. The van der Waals surface area contributed by atoms with Crippen molar-refractivity contribution < 1.29 is 18.3 Å². The number of aliphatic carboxylic acids is 1. The number of benzene rings is 1. The number of hydrogen-bond acceptors (Lipinski definition) is 4. The summed E-state index contributed by atoms with van der Waals surface area (Å²) in [6.45, 7) is 1.83. The van der Waals surface area contributed by atoms with Crippen LogP contribution in [0.15, 0.2) is 46.7 Å². The van der Waals surface area contributed by atoms with E-state index in [0.717, 1.165) is 11.0 Å². The molecule has 0 fully saturated rings. The van der Waals surface area contributed by atoms with E-state index in [0.29, 0.717) is 11.3 Å². The van der Waals surface area contributed by atoms with Gasteiger partial charge in [0.15, 0.2) is 0 Å². The molecule has 0 saturated carbocycles. The Morgan fingerprint density at radius 3 is 2.67 bits per heavy atom. The van der Waals surface area contributed by atoms with Crippen molar-refractivity contribution in [1.82, 2.24) is 0 Å². The fraction of sp³-hybridized carbons (Fsp3) is 0.0714. The minimum Gasteiger partial charge on any atom is -0.478 e. The lowest BCUT2D eigenvalue weighted by atomic mass is 10.2. The highest BCUT2D eigenvalue weighted by molar-refractivity contribution is 7.94. The molecular formula is C14H13NO4S2. The van der Waals surface area contributed by atoms with E-state index in [2.05, 4.69) is 4.72 Å². The van der Waals surface area contributed by atoms with E-state index in [-0.39, 0.29) is 4.21 Å².